The molecule has 118 valence electrons. The molecular formula is C14H21FIN3O2. The van der Waals surface area contributed by atoms with Crippen LogP contribution >= 0.6 is 24.0 Å². The van der Waals surface area contributed by atoms with Crippen molar-refractivity contribution in [2.75, 3.05) is 35.0 Å². The minimum atomic E-state index is -0.292. The molecule has 0 amide bonds. The van der Waals surface area contributed by atoms with Gasteiger partial charge in [-0.25, -0.2) is 9.38 Å². The molecule has 0 aliphatic carbocycles. The summed E-state index contributed by atoms with van der Waals surface area (Å²) in [6, 6.07) is 2.91. The fraction of sp³-hybridized carbons (Fsp3) is 0.500. The molecule has 1 aromatic rings. The normalized spacial score (nSPS) is 12.6. The van der Waals surface area contributed by atoms with Crippen LogP contribution in [0.4, 0.5) is 4.39 Å². The highest BCUT2D eigenvalue weighted by atomic mass is 127. The van der Waals surface area contributed by atoms with Crippen LogP contribution in [0.5, 0.6) is 5.75 Å². The molecule has 0 fully saturated rings. The van der Waals surface area contributed by atoms with E-state index in [-0.39, 0.29) is 36.6 Å². The fourth-order valence-corrected chi connectivity index (χ4v) is 2.21. The lowest BCUT2D eigenvalue weighted by Crippen LogP contribution is -2.35. The van der Waals surface area contributed by atoms with Gasteiger partial charge >= 0.3 is 0 Å². The van der Waals surface area contributed by atoms with Crippen LogP contribution in [-0.2, 0) is 17.9 Å². The number of aliphatic imine (C=N–C) groups is 1. The molecule has 0 saturated heterocycles. The third-order valence-electron chi connectivity index (χ3n) is 2.94. The van der Waals surface area contributed by atoms with Gasteiger partial charge in [0.05, 0.1) is 13.2 Å². The summed E-state index contributed by atoms with van der Waals surface area (Å²) < 4.78 is 24.3. The molecule has 2 rings (SSSR count). The SMILES string of the molecule is CN(C)C(=NCc1cc(F)cc2c1OCOC2)N(C)C.I. The van der Waals surface area contributed by atoms with E-state index in [2.05, 4.69) is 4.99 Å². The van der Waals surface area contributed by atoms with Crippen molar-refractivity contribution in [2.45, 2.75) is 13.2 Å². The van der Waals surface area contributed by atoms with Crippen molar-refractivity contribution in [3.63, 3.8) is 0 Å². The molecule has 21 heavy (non-hydrogen) atoms. The first kappa shape index (κ1) is 18.0. The molecule has 0 radical (unpaired) electrons. The summed E-state index contributed by atoms with van der Waals surface area (Å²) in [4.78, 5) is 8.35. The van der Waals surface area contributed by atoms with Gasteiger partial charge in [-0.1, -0.05) is 0 Å². The Kier molecular flexibility index (Phi) is 6.66. The molecule has 0 unspecified atom stereocenters. The maximum Gasteiger partial charge on any atom is 0.195 e. The van der Waals surface area contributed by atoms with Crippen LogP contribution in [0, 0.1) is 5.82 Å². The Bertz CT molecular complexity index is 511. The van der Waals surface area contributed by atoms with Crippen molar-refractivity contribution in [1.29, 1.82) is 0 Å². The first-order valence-electron chi connectivity index (χ1n) is 6.40. The van der Waals surface area contributed by atoms with Gasteiger partial charge in [-0.2, -0.15) is 0 Å². The zero-order valence-electron chi connectivity index (χ0n) is 12.7. The van der Waals surface area contributed by atoms with Crippen molar-refractivity contribution >= 4 is 29.9 Å². The lowest BCUT2D eigenvalue weighted by molar-refractivity contribution is -0.0172. The highest BCUT2D eigenvalue weighted by Gasteiger charge is 2.17. The second-order valence-corrected chi connectivity index (χ2v) is 5.07. The van der Waals surface area contributed by atoms with Gasteiger partial charge in [0.2, 0.25) is 0 Å². The number of fused-ring (bicyclic) bond motifs is 1. The molecule has 0 aromatic heterocycles. The molecule has 1 heterocycles. The number of benzene rings is 1. The van der Waals surface area contributed by atoms with E-state index < -0.39 is 0 Å². The van der Waals surface area contributed by atoms with E-state index in [0.29, 0.717) is 18.9 Å². The Labute approximate surface area is 141 Å². The first-order chi connectivity index (χ1) is 9.49. The average molecular weight is 409 g/mol. The molecule has 7 heteroatoms. The maximum absolute atomic E-state index is 13.6. The van der Waals surface area contributed by atoms with Gasteiger partial charge < -0.3 is 19.3 Å². The van der Waals surface area contributed by atoms with E-state index >= 15 is 0 Å². The molecule has 0 atom stereocenters. The van der Waals surface area contributed by atoms with Crippen LogP contribution in [0.3, 0.4) is 0 Å². The molecule has 0 spiro atoms. The molecular weight excluding hydrogens is 388 g/mol. The predicted molar refractivity (Wildman–Crippen MR) is 90.6 cm³/mol. The second kappa shape index (κ2) is 7.79. The third-order valence-corrected chi connectivity index (χ3v) is 2.94. The number of guanidine groups is 1. The summed E-state index contributed by atoms with van der Waals surface area (Å²) in [6.07, 6.45) is 0. The Hall–Kier alpha value is -1.09. The summed E-state index contributed by atoms with van der Waals surface area (Å²) in [5.41, 5.74) is 1.47. The minimum Gasteiger partial charge on any atom is -0.467 e. The quantitative estimate of drug-likeness (QED) is 0.427. The van der Waals surface area contributed by atoms with E-state index in [4.69, 9.17) is 9.47 Å². The number of hydrogen-bond donors (Lipinski definition) is 0. The van der Waals surface area contributed by atoms with Crippen molar-refractivity contribution in [1.82, 2.24) is 9.80 Å². The monoisotopic (exact) mass is 409 g/mol. The lowest BCUT2D eigenvalue weighted by Gasteiger charge is -2.23. The van der Waals surface area contributed by atoms with E-state index in [1.807, 2.05) is 38.0 Å². The van der Waals surface area contributed by atoms with Gasteiger partial charge in [0.25, 0.3) is 0 Å². The standard InChI is InChI=1S/C14H20FN3O2.HI/c1-17(2)14(18(3)4)16-7-10-5-12(15)6-11-8-19-9-20-13(10)11;/h5-6H,7-9H2,1-4H3;1H. The highest BCUT2D eigenvalue weighted by Crippen LogP contribution is 2.29. The number of halogens is 2. The molecule has 1 aliphatic heterocycles. The van der Waals surface area contributed by atoms with Gasteiger partial charge in [0.15, 0.2) is 12.8 Å². The summed E-state index contributed by atoms with van der Waals surface area (Å²) in [7, 11) is 7.68. The van der Waals surface area contributed by atoms with Crippen LogP contribution in [-0.4, -0.2) is 50.7 Å². The van der Waals surface area contributed by atoms with Gasteiger partial charge in [-0.05, 0) is 12.1 Å². The largest absolute Gasteiger partial charge is 0.467 e. The summed E-state index contributed by atoms with van der Waals surface area (Å²) in [5, 5.41) is 0. The van der Waals surface area contributed by atoms with Crippen LogP contribution in [0.2, 0.25) is 0 Å². The maximum atomic E-state index is 13.6. The molecule has 0 N–H and O–H groups in total. The van der Waals surface area contributed by atoms with Crippen molar-refractivity contribution in [2.24, 2.45) is 4.99 Å². The van der Waals surface area contributed by atoms with Crippen molar-refractivity contribution in [3.8, 4) is 5.75 Å². The molecule has 5 nitrogen and oxygen atoms in total. The van der Waals surface area contributed by atoms with Gasteiger partial charge in [-0.3, -0.25) is 0 Å². The van der Waals surface area contributed by atoms with E-state index in [9.17, 15) is 4.39 Å². The van der Waals surface area contributed by atoms with E-state index in [1.165, 1.54) is 12.1 Å². The Balaban J connectivity index is 0.00000220. The highest BCUT2D eigenvalue weighted by molar-refractivity contribution is 14.0. The number of nitrogens with zero attached hydrogens (tertiary/aromatic N) is 3. The topological polar surface area (TPSA) is 37.3 Å². The van der Waals surface area contributed by atoms with Crippen molar-refractivity contribution in [3.05, 3.63) is 29.1 Å². The molecule has 1 aromatic carbocycles. The zero-order chi connectivity index (χ0) is 14.7. The lowest BCUT2D eigenvalue weighted by atomic mass is 10.1. The molecule has 0 bridgehead atoms. The van der Waals surface area contributed by atoms with Crippen LogP contribution < -0.4 is 4.74 Å². The van der Waals surface area contributed by atoms with Gasteiger partial charge in [0.1, 0.15) is 11.6 Å². The molecule has 1 aliphatic rings. The van der Waals surface area contributed by atoms with E-state index in [1.54, 1.807) is 0 Å². The number of rotatable bonds is 2. The van der Waals surface area contributed by atoms with E-state index in [0.717, 1.165) is 17.1 Å². The summed E-state index contributed by atoms with van der Waals surface area (Å²) >= 11 is 0. The van der Waals surface area contributed by atoms with Gasteiger partial charge in [-0.15, -0.1) is 24.0 Å². The first-order valence-corrected chi connectivity index (χ1v) is 6.40. The zero-order valence-corrected chi connectivity index (χ0v) is 15.1. The average Bonchev–Trinajstić information content (AvgIpc) is 2.37. The Morgan fingerprint density at radius 3 is 2.52 bits per heavy atom. The molecule has 0 saturated carbocycles. The number of hydrogen-bond acceptors (Lipinski definition) is 3. The van der Waals surface area contributed by atoms with Crippen LogP contribution in [0.25, 0.3) is 0 Å². The minimum absolute atomic E-state index is 0. The smallest absolute Gasteiger partial charge is 0.195 e. The van der Waals surface area contributed by atoms with Crippen LogP contribution in [0.15, 0.2) is 17.1 Å². The predicted octanol–water partition coefficient (Wildman–Crippen LogP) is 2.29. The van der Waals surface area contributed by atoms with Crippen LogP contribution in [0.1, 0.15) is 11.1 Å². The third kappa shape index (κ3) is 4.44. The summed E-state index contributed by atoms with van der Waals surface area (Å²) in [5.74, 6) is 1.22. The number of ether oxygens (including phenoxy) is 2. The Morgan fingerprint density at radius 2 is 1.90 bits per heavy atom. The fourth-order valence-electron chi connectivity index (χ4n) is 2.21. The van der Waals surface area contributed by atoms with Gasteiger partial charge in [0, 0.05) is 39.3 Å². The summed E-state index contributed by atoms with van der Waals surface area (Å²) in [6.45, 7) is 0.938. The van der Waals surface area contributed by atoms with Crippen molar-refractivity contribution < 1.29 is 13.9 Å². The Morgan fingerprint density at radius 1 is 1.24 bits per heavy atom. The second-order valence-electron chi connectivity index (χ2n) is 5.07.